The lowest BCUT2D eigenvalue weighted by atomic mass is 9.99. The van der Waals surface area contributed by atoms with Gasteiger partial charge in [0, 0.05) is 10.8 Å². The van der Waals surface area contributed by atoms with Crippen LogP contribution in [0, 0.1) is 0 Å². The molecule has 0 saturated carbocycles. The number of benzene rings is 3. The maximum Gasteiger partial charge on any atom is 0.151 e. The predicted octanol–water partition coefficient (Wildman–Crippen LogP) is 2.88. The van der Waals surface area contributed by atoms with Crippen molar-refractivity contribution in [2.75, 3.05) is 0 Å². The molecule has 0 aromatic heterocycles. The van der Waals surface area contributed by atoms with Crippen molar-refractivity contribution in [3.05, 3.63) is 41.0 Å². The summed E-state index contributed by atoms with van der Waals surface area (Å²) in [7, 11) is 0. The van der Waals surface area contributed by atoms with Crippen LogP contribution in [-0.2, 0) is 0 Å². The monoisotopic (exact) mass is 322 g/mol. The molecule has 1 aliphatic rings. The highest BCUT2D eigenvalue weighted by Gasteiger charge is 2.28. The van der Waals surface area contributed by atoms with Gasteiger partial charge in [0.2, 0.25) is 0 Å². The quantitative estimate of drug-likeness (QED) is 0.501. The summed E-state index contributed by atoms with van der Waals surface area (Å²) < 4.78 is 0. The standard InChI is InChI=1S/C19H18N2O3/c1-3-19(4-2)20-12-9-8-11-15(16(12)21-19)18(24)14-10(17(11)23)6-5-7-13(14)22/h5-9,22-24H,3-4H2,1-2H3. The molecule has 5 nitrogen and oxygen atoms in total. The van der Waals surface area contributed by atoms with Crippen LogP contribution >= 0.6 is 0 Å². The summed E-state index contributed by atoms with van der Waals surface area (Å²) in [6, 6.07) is 8.35. The SMILES string of the molecule is CCC1(CC)N=c2ccc3c(O)c4cccc(O)c4c(O)c3c2=N1. The second-order valence-corrected chi connectivity index (χ2v) is 6.17. The van der Waals surface area contributed by atoms with Crippen LogP contribution in [0.2, 0.25) is 0 Å². The highest BCUT2D eigenvalue weighted by molar-refractivity contribution is 6.12. The molecule has 24 heavy (non-hydrogen) atoms. The van der Waals surface area contributed by atoms with Gasteiger partial charge in [0.05, 0.1) is 21.5 Å². The van der Waals surface area contributed by atoms with Crippen molar-refractivity contribution in [1.82, 2.24) is 0 Å². The average Bonchev–Trinajstić information content (AvgIpc) is 2.98. The van der Waals surface area contributed by atoms with Crippen LogP contribution in [0.3, 0.4) is 0 Å². The smallest absolute Gasteiger partial charge is 0.151 e. The highest BCUT2D eigenvalue weighted by Crippen LogP contribution is 2.43. The van der Waals surface area contributed by atoms with E-state index in [9.17, 15) is 15.3 Å². The molecule has 0 fully saturated rings. The van der Waals surface area contributed by atoms with E-state index in [0.717, 1.165) is 12.8 Å². The summed E-state index contributed by atoms with van der Waals surface area (Å²) in [6.07, 6.45) is 1.51. The van der Waals surface area contributed by atoms with Gasteiger partial charge in [0.1, 0.15) is 17.2 Å². The van der Waals surface area contributed by atoms with Crippen molar-refractivity contribution >= 4 is 21.5 Å². The third-order valence-corrected chi connectivity index (χ3v) is 4.96. The Morgan fingerprint density at radius 3 is 2.25 bits per heavy atom. The van der Waals surface area contributed by atoms with Crippen molar-refractivity contribution < 1.29 is 15.3 Å². The number of aromatic hydroxyl groups is 3. The van der Waals surface area contributed by atoms with Gasteiger partial charge in [-0.3, -0.25) is 9.98 Å². The van der Waals surface area contributed by atoms with E-state index < -0.39 is 5.66 Å². The Hall–Kier alpha value is -2.82. The van der Waals surface area contributed by atoms with Gasteiger partial charge in [0.15, 0.2) is 5.66 Å². The lowest BCUT2D eigenvalue weighted by Gasteiger charge is -2.18. The zero-order valence-corrected chi connectivity index (χ0v) is 13.5. The van der Waals surface area contributed by atoms with Crippen molar-refractivity contribution in [3.63, 3.8) is 0 Å². The molecule has 0 saturated heterocycles. The molecule has 0 atom stereocenters. The first-order chi connectivity index (χ1) is 11.5. The van der Waals surface area contributed by atoms with Gasteiger partial charge in [0.25, 0.3) is 0 Å². The maximum atomic E-state index is 10.8. The van der Waals surface area contributed by atoms with E-state index in [-0.39, 0.29) is 22.6 Å². The minimum absolute atomic E-state index is 0.0252. The van der Waals surface area contributed by atoms with Gasteiger partial charge in [-0.2, -0.15) is 0 Å². The molecule has 1 heterocycles. The van der Waals surface area contributed by atoms with Gasteiger partial charge in [-0.25, -0.2) is 0 Å². The van der Waals surface area contributed by atoms with Gasteiger partial charge >= 0.3 is 0 Å². The normalized spacial score (nSPS) is 15.2. The van der Waals surface area contributed by atoms with Crippen molar-refractivity contribution in [3.8, 4) is 17.2 Å². The third-order valence-electron chi connectivity index (χ3n) is 4.96. The minimum Gasteiger partial charge on any atom is -0.507 e. The molecular weight excluding hydrogens is 304 g/mol. The van der Waals surface area contributed by atoms with E-state index in [1.807, 2.05) is 19.9 Å². The van der Waals surface area contributed by atoms with Crippen LogP contribution in [-0.4, -0.2) is 21.0 Å². The molecule has 0 unspecified atom stereocenters. The first-order valence-electron chi connectivity index (χ1n) is 8.09. The van der Waals surface area contributed by atoms with Gasteiger partial charge in [-0.15, -0.1) is 0 Å². The summed E-state index contributed by atoms with van der Waals surface area (Å²) in [5.41, 5.74) is -0.521. The Bertz CT molecular complexity index is 1120. The van der Waals surface area contributed by atoms with Crippen LogP contribution in [0.4, 0.5) is 0 Å². The molecular formula is C19H18N2O3. The molecule has 0 bridgehead atoms. The summed E-state index contributed by atoms with van der Waals surface area (Å²) in [5.74, 6) is -0.126. The van der Waals surface area contributed by atoms with E-state index in [1.165, 1.54) is 6.07 Å². The Kier molecular flexibility index (Phi) is 2.97. The number of hydrogen-bond donors (Lipinski definition) is 3. The Morgan fingerprint density at radius 1 is 0.833 bits per heavy atom. The summed E-state index contributed by atoms with van der Waals surface area (Å²) in [4.78, 5) is 9.49. The first kappa shape index (κ1) is 14.8. The molecule has 122 valence electrons. The van der Waals surface area contributed by atoms with E-state index in [1.54, 1.807) is 18.2 Å². The third kappa shape index (κ3) is 1.75. The summed E-state index contributed by atoms with van der Waals surface area (Å²) in [5, 5.41) is 34.5. The highest BCUT2D eigenvalue weighted by atomic mass is 16.3. The predicted molar refractivity (Wildman–Crippen MR) is 92.1 cm³/mol. The van der Waals surface area contributed by atoms with Crippen molar-refractivity contribution in [2.45, 2.75) is 32.4 Å². The fourth-order valence-corrected chi connectivity index (χ4v) is 3.50. The van der Waals surface area contributed by atoms with E-state index in [2.05, 4.69) is 0 Å². The lowest BCUT2D eigenvalue weighted by molar-refractivity contribution is 0.416. The van der Waals surface area contributed by atoms with Gasteiger partial charge in [-0.1, -0.05) is 26.0 Å². The topological polar surface area (TPSA) is 85.4 Å². The van der Waals surface area contributed by atoms with E-state index in [0.29, 0.717) is 26.9 Å². The Labute approximate surface area is 138 Å². The molecule has 4 rings (SSSR count). The number of phenols is 3. The summed E-state index contributed by atoms with van der Waals surface area (Å²) >= 11 is 0. The molecule has 5 heteroatoms. The van der Waals surface area contributed by atoms with E-state index in [4.69, 9.17) is 9.98 Å². The van der Waals surface area contributed by atoms with Crippen molar-refractivity contribution in [2.24, 2.45) is 9.98 Å². The molecule has 3 aromatic rings. The molecule has 0 spiro atoms. The van der Waals surface area contributed by atoms with Crippen LogP contribution in [0.15, 0.2) is 40.3 Å². The molecule has 3 N–H and O–H groups in total. The zero-order valence-electron chi connectivity index (χ0n) is 13.5. The van der Waals surface area contributed by atoms with Crippen LogP contribution in [0.25, 0.3) is 21.5 Å². The average molecular weight is 322 g/mol. The molecule has 0 radical (unpaired) electrons. The summed E-state index contributed by atoms with van der Waals surface area (Å²) in [6.45, 7) is 4.06. The zero-order chi connectivity index (χ0) is 17.1. The molecule has 3 aromatic carbocycles. The number of phenolic OH excluding ortho intramolecular Hbond substituents is 3. The number of rotatable bonds is 2. The number of nitrogens with zero attached hydrogens (tertiary/aromatic N) is 2. The lowest BCUT2D eigenvalue weighted by Crippen LogP contribution is -2.22. The second kappa shape index (κ2) is 4.84. The van der Waals surface area contributed by atoms with E-state index >= 15 is 0 Å². The Balaban J connectivity index is 2.27. The molecule has 1 aliphatic heterocycles. The van der Waals surface area contributed by atoms with Crippen LogP contribution < -0.4 is 10.7 Å². The minimum atomic E-state index is -0.521. The number of hydrogen-bond acceptors (Lipinski definition) is 5. The fourth-order valence-electron chi connectivity index (χ4n) is 3.50. The first-order valence-corrected chi connectivity index (χ1v) is 8.09. The fraction of sp³-hybridized carbons (Fsp3) is 0.263. The second-order valence-electron chi connectivity index (χ2n) is 6.17. The largest absolute Gasteiger partial charge is 0.507 e. The van der Waals surface area contributed by atoms with Crippen LogP contribution in [0.1, 0.15) is 26.7 Å². The van der Waals surface area contributed by atoms with Gasteiger partial charge in [-0.05, 0) is 31.0 Å². The molecule has 0 aliphatic carbocycles. The van der Waals surface area contributed by atoms with Gasteiger partial charge < -0.3 is 15.3 Å². The Morgan fingerprint density at radius 2 is 1.54 bits per heavy atom. The van der Waals surface area contributed by atoms with Crippen LogP contribution in [0.5, 0.6) is 17.2 Å². The molecule has 0 amide bonds. The van der Waals surface area contributed by atoms with Crippen molar-refractivity contribution in [1.29, 1.82) is 0 Å². The number of fused-ring (bicyclic) bond motifs is 4. The maximum absolute atomic E-state index is 10.8.